The molecule has 2 fully saturated rings. The molecule has 0 spiro atoms. The fourth-order valence-corrected chi connectivity index (χ4v) is 4.44. The molecule has 6 atom stereocenters. The van der Waals surface area contributed by atoms with Gasteiger partial charge >= 0.3 is 0 Å². The Morgan fingerprint density at radius 2 is 1.21 bits per heavy atom. The van der Waals surface area contributed by atoms with Crippen LogP contribution in [0.5, 0.6) is 0 Å². The second-order valence-electron chi connectivity index (χ2n) is 5.88. The van der Waals surface area contributed by atoms with E-state index in [4.69, 9.17) is 0 Å². The average molecular weight is 194 g/mol. The van der Waals surface area contributed by atoms with Crippen LogP contribution in [0.4, 0.5) is 0 Å². The minimum Gasteiger partial charge on any atom is -0.0651 e. The average Bonchev–Trinajstić information content (AvgIpc) is 3.01. The van der Waals surface area contributed by atoms with E-state index in [0.717, 1.165) is 41.4 Å². The van der Waals surface area contributed by atoms with Crippen molar-refractivity contribution in [2.45, 2.75) is 47.5 Å². The van der Waals surface area contributed by atoms with Gasteiger partial charge in [0.1, 0.15) is 0 Å². The van der Waals surface area contributed by atoms with Crippen LogP contribution in [-0.4, -0.2) is 0 Å². The summed E-state index contributed by atoms with van der Waals surface area (Å²) >= 11 is 0. The Hall–Kier alpha value is 0. The van der Waals surface area contributed by atoms with Crippen LogP contribution in [0.1, 0.15) is 47.5 Å². The summed E-state index contributed by atoms with van der Waals surface area (Å²) in [6.07, 6.45) is 2.82. The van der Waals surface area contributed by atoms with Crippen molar-refractivity contribution in [1.29, 1.82) is 0 Å². The molecule has 2 aliphatic rings. The molecule has 0 nitrogen and oxygen atoms in total. The van der Waals surface area contributed by atoms with Gasteiger partial charge < -0.3 is 0 Å². The molecule has 6 unspecified atom stereocenters. The lowest BCUT2D eigenvalue weighted by molar-refractivity contribution is 0.377. The lowest BCUT2D eigenvalue weighted by Gasteiger charge is -2.10. The van der Waals surface area contributed by atoms with Crippen molar-refractivity contribution in [3.8, 4) is 0 Å². The van der Waals surface area contributed by atoms with Crippen LogP contribution in [0.15, 0.2) is 0 Å². The maximum Gasteiger partial charge on any atom is -0.0326 e. The SMILES string of the molecule is CCC1C(C)C1C(C)C1C(C)C1CC. The summed E-state index contributed by atoms with van der Waals surface area (Å²) in [6.45, 7) is 12.2. The molecule has 0 N–H and O–H groups in total. The summed E-state index contributed by atoms with van der Waals surface area (Å²) < 4.78 is 0. The van der Waals surface area contributed by atoms with Crippen LogP contribution in [0, 0.1) is 41.4 Å². The van der Waals surface area contributed by atoms with Gasteiger partial charge in [0, 0.05) is 0 Å². The molecule has 2 rings (SSSR count). The Morgan fingerprint density at radius 3 is 1.43 bits per heavy atom. The number of hydrogen-bond donors (Lipinski definition) is 0. The van der Waals surface area contributed by atoms with Crippen molar-refractivity contribution in [1.82, 2.24) is 0 Å². The minimum atomic E-state index is 1.01. The molecule has 2 saturated carbocycles. The standard InChI is InChI=1S/C14H26/c1-6-11-8(3)13(11)10(5)14-9(4)12(14)7-2/h8-14H,6-7H2,1-5H3. The van der Waals surface area contributed by atoms with E-state index in [1.54, 1.807) is 0 Å². The van der Waals surface area contributed by atoms with E-state index in [1.165, 1.54) is 12.8 Å². The van der Waals surface area contributed by atoms with Crippen LogP contribution in [0.2, 0.25) is 0 Å². The van der Waals surface area contributed by atoms with Crippen molar-refractivity contribution in [2.75, 3.05) is 0 Å². The first-order valence-corrected chi connectivity index (χ1v) is 6.63. The third-order valence-corrected chi connectivity index (χ3v) is 5.43. The third kappa shape index (κ3) is 1.42. The summed E-state index contributed by atoms with van der Waals surface area (Å²) in [5.74, 6) is 7.34. The molecule has 82 valence electrons. The van der Waals surface area contributed by atoms with Crippen LogP contribution in [0.25, 0.3) is 0 Å². The highest BCUT2D eigenvalue weighted by Crippen LogP contribution is 2.62. The zero-order chi connectivity index (χ0) is 10.5. The van der Waals surface area contributed by atoms with E-state index in [9.17, 15) is 0 Å². The Balaban J connectivity index is 1.89. The molecular weight excluding hydrogens is 168 g/mol. The zero-order valence-electron chi connectivity index (χ0n) is 10.5. The summed E-state index contributed by atoms with van der Waals surface area (Å²) in [7, 11) is 0. The summed E-state index contributed by atoms with van der Waals surface area (Å²) in [4.78, 5) is 0. The monoisotopic (exact) mass is 194 g/mol. The summed E-state index contributed by atoms with van der Waals surface area (Å²) in [6, 6.07) is 0. The fraction of sp³-hybridized carbons (Fsp3) is 1.00. The smallest absolute Gasteiger partial charge is 0.0326 e. The van der Waals surface area contributed by atoms with Crippen molar-refractivity contribution < 1.29 is 0 Å². The van der Waals surface area contributed by atoms with Gasteiger partial charge in [-0.15, -0.1) is 0 Å². The van der Waals surface area contributed by atoms with Crippen molar-refractivity contribution in [2.24, 2.45) is 41.4 Å². The number of rotatable bonds is 4. The zero-order valence-corrected chi connectivity index (χ0v) is 10.5. The highest BCUT2D eigenvalue weighted by molar-refractivity contribution is 5.05. The van der Waals surface area contributed by atoms with Gasteiger partial charge in [-0.3, -0.25) is 0 Å². The minimum absolute atomic E-state index is 1.01. The van der Waals surface area contributed by atoms with Gasteiger partial charge in [-0.05, 0) is 41.4 Å². The van der Waals surface area contributed by atoms with E-state index in [2.05, 4.69) is 34.6 Å². The summed E-state index contributed by atoms with van der Waals surface area (Å²) in [5, 5.41) is 0. The molecule has 14 heavy (non-hydrogen) atoms. The van der Waals surface area contributed by atoms with E-state index in [0.29, 0.717) is 0 Å². The quantitative estimate of drug-likeness (QED) is 0.629. The molecule has 0 aromatic heterocycles. The van der Waals surface area contributed by atoms with E-state index in [-0.39, 0.29) is 0 Å². The van der Waals surface area contributed by atoms with Gasteiger partial charge in [-0.25, -0.2) is 0 Å². The first-order valence-electron chi connectivity index (χ1n) is 6.63. The highest BCUT2D eigenvalue weighted by atomic mass is 14.6. The molecule has 0 bridgehead atoms. The lowest BCUT2D eigenvalue weighted by atomic mass is 9.95. The first-order chi connectivity index (χ1) is 6.63. The van der Waals surface area contributed by atoms with Gasteiger partial charge in [-0.2, -0.15) is 0 Å². The van der Waals surface area contributed by atoms with E-state index < -0.39 is 0 Å². The maximum absolute atomic E-state index is 2.52. The van der Waals surface area contributed by atoms with E-state index in [1.807, 2.05) is 0 Å². The molecule has 0 amide bonds. The van der Waals surface area contributed by atoms with Crippen LogP contribution < -0.4 is 0 Å². The molecule has 0 aromatic carbocycles. The van der Waals surface area contributed by atoms with Crippen molar-refractivity contribution in [3.63, 3.8) is 0 Å². The van der Waals surface area contributed by atoms with E-state index >= 15 is 0 Å². The molecule has 2 aliphatic carbocycles. The van der Waals surface area contributed by atoms with Crippen LogP contribution in [-0.2, 0) is 0 Å². The molecule has 0 saturated heterocycles. The molecular formula is C14H26. The highest BCUT2D eigenvalue weighted by Gasteiger charge is 2.57. The topological polar surface area (TPSA) is 0 Å². The van der Waals surface area contributed by atoms with Gasteiger partial charge in [0.05, 0.1) is 0 Å². The Kier molecular flexibility index (Phi) is 2.66. The molecule has 0 aromatic rings. The third-order valence-electron chi connectivity index (χ3n) is 5.43. The second-order valence-corrected chi connectivity index (χ2v) is 5.88. The predicted molar refractivity (Wildman–Crippen MR) is 62.0 cm³/mol. The Bertz CT molecular complexity index is 186. The maximum atomic E-state index is 2.52. The normalized spacial score (nSPS) is 52.9. The van der Waals surface area contributed by atoms with Gasteiger partial charge in [-0.1, -0.05) is 47.5 Å². The Labute approximate surface area is 89.5 Å². The largest absolute Gasteiger partial charge is 0.0651 e. The van der Waals surface area contributed by atoms with Gasteiger partial charge in [0.2, 0.25) is 0 Å². The lowest BCUT2D eigenvalue weighted by Crippen LogP contribution is -2.05. The van der Waals surface area contributed by atoms with Crippen LogP contribution in [0.3, 0.4) is 0 Å². The molecule has 0 aliphatic heterocycles. The van der Waals surface area contributed by atoms with Crippen molar-refractivity contribution in [3.05, 3.63) is 0 Å². The van der Waals surface area contributed by atoms with Gasteiger partial charge in [0.15, 0.2) is 0 Å². The molecule has 0 radical (unpaired) electrons. The Morgan fingerprint density at radius 1 is 0.857 bits per heavy atom. The number of hydrogen-bond acceptors (Lipinski definition) is 0. The predicted octanol–water partition coefficient (Wildman–Crippen LogP) is 4.21. The molecule has 0 heterocycles. The first kappa shape index (κ1) is 10.5. The van der Waals surface area contributed by atoms with Crippen molar-refractivity contribution >= 4 is 0 Å². The fourth-order valence-electron chi connectivity index (χ4n) is 4.44. The second kappa shape index (κ2) is 3.54. The van der Waals surface area contributed by atoms with Crippen LogP contribution >= 0.6 is 0 Å². The summed E-state index contributed by atoms with van der Waals surface area (Å²) in [5.41, 5.74) is 0. The molecule has 0 heteroatoms. The van der Waals surface area contributed by atoms with Gasteiger partial charge in [0.25, 0.3) is 0 Å².